The minimum absolute atomic E-state index is 0.0534. The molecular formula is C23H25ClN4O3S. The summed E-state index contributed by atoms with van der Waals surface area (Å²) in [6.45, 7) is 7.96. The Morgan fingerprint density at radius 2 is 2.00 bits per heavy atom. The number of ketones is 1. The van der Waals surface area contributed by atoms with Crippen molar-refractivity contribution >= 4 is 40.7 Å². The van der Waals surface area contributed by atoms with Crippen LogP contribution in [0, 0.1) is 6.92 Å². The largest absolute Gasteiger partial charge is 0.481 e. The lowest BCUT2D eigenvalue weighted by atomic mass is 10.1. The summed E-state index contributed by atoms with van der Waals surface area (Å²) in [7, 11) is 0. The van der Waals surface area contributed by atoms with Gasteiger partial charge in [-0.2, -0.15) is 0 Å². The van der Waals surface area contributed by atoms with Gasteiger partial charge >= 0.3 is 0 Å². The molecule has 32 heavy (non-hydrogen) atoms. The fourth-order valence-electron chi connectivity index (χ4n) is 3.09. The molecule has 1 atom stereocenters. The summed E-state index contributed by atoms with van der Waals surface area (Å²) < 4.78 is 7.95. The van der Waals surface area contributed by atoms with Crippen molar-refractivity contribution in [3.8, 4) is 5.75 Å². The maximum absolute atomic E-state index is 12.4. The lowest BCUT2D eigenvalue weighted by molar-refractivity contribution is -0.113. The molecular weight excluding hydrogens is 448 g/mol. The number of rotatable bonds is 9. The maximum atomic E-state index is 12.4. The molecule has 1 aromatic heterocycles. The lowest BCUT2D eigenvalue weighted by Crippen LogP contribution is -2.15. The molecule has 2 aromatic carbocycles. The summed E-state index contributed by atoms with van der Waals surface area (Å²) in [5.41, 5.74) is 2.18. The number of thioether (sulfide) groups is 1. The van der Waals surface area contributed by atoms with E-state index in [1.165, 1.54) is 18.7 Å². The molecule has 168 valence electrons. The van der Waals surface area contributed by atoms with Crippen LogP contribution in [0.5, 0.6) is 5.75 Å². The van der Waals surface area contributed by atoms with Gasteiger partial charge in [0.25, 0.3) is 0 Å². The quantitative estimate of drug-likeness (QED) is 0.334. The Balaban J connectivity index is 1.65. The molecule has 3 rings (SSSR count). The van der Waals surface area contributed by atoms with E-state index in [0.717, 1.165) is 5.56 Å². The third-order valence-corrected chi connectivity index (χ3v) is 5.98. The SMILES string of the molecule is CCn1c(SCC(=O)Nc2cccc(C(C)=O)c2)nnc1C(C)Oc1cc(C)ccc1Cl. The van der Waals surface area contributed by atoms with Gasteiger partial charge in [-0.25, -0.2) is 0 Å². The first kappa shape index (κ1) is 23.8. The minimum atomic E-state index is -0.376. The van der Waals surface area contributed by atoms with Gasteiger partial charge in [0.05, 0.1) is 10.8 Å². The van der Waals surface area contributed by atoms with Crippen molar-refractivity contribution in [3.63, 3.8) is 0 Å². The van der Waals surface area contributed by atoms with Crippen molar-refractivity contribution in [2.24, 2.45) is 0 Å². The zero-order chi connectivity index (χ0) is 23.3. The number of anilines is 1. The monoisotopic (exact) mass is 472 g/mol. The highest BCUT2D eigenvalue weighted by atomic mass is 35.5. The number of benzene rings is 2. The molecule has 1 heterocycles. The molecule has 0 aliphatic rings. The molecule has 1 unspecified atom stereocenters. The summed E-state index contributed by atoms with van der Waals surface area (Å²) in [4.78, 5) is 23.9. The third kappa shape index (κ3) is 5.89. The van der Waals surface area contributed by atoms with Gasteiger partial charge in [0.15, 0.2) is 22.9 Å². The highest BCUT2D eigenvalue weighted by Gasteiger charge is 2.20. The number of carbonyl (C=O) groups is 2. The molecule has 1 N–H and O–H groups in total. The van der Waals surface area contributed by atoms with Gasteiger partial charge in [-0.1, -0.05) is 41.6 Å². The highest BCUT2D eigenvalue weighted by Crippen LogP contribution is 2.30. The van der Waals surface area contributed by atoms with Crippen LogP contribution < -0.4 is 10.1 Å². The first-order valence-electron chi connectivity index (χ1n) is 10.2. The van der Waals surface area contributed by atoms with E-state index < -0.39 is 0 Å². The van der Waals surface area contributed by atoms with Gasteiger partial charge in [-0.3, -0.25) is 9.59 Å². The van der Waals surface area contributed by atoms with Crippen molar-refractivity contribution in [2.45, 2.75) is 45.5 Å². The van der Waals surface area contributed by atoms with Crippen LogP contribution in [-0.2, 0) is 11.3 Å². The van der Waals surface area contributed by atoms with Gasteiger partial charge < -0.3 is 14.6 Å². The van der Waals surface area contributed by atoms with Crippen LogP contribution in [0.25, 0.3) is 0 Å². The summed E-state index contributed by atoms with van der Waals surface area (Å²) in [5.74, 6) is 1.15. The number of Topliss-reactive ketones (excluding diaryl/α,β-unsaturated/α-hetero) is 1. The van der Waals surface area contributed by atoms with Gasteiger partial charge in [-0.05, 0) is 57.5 Å². The number of nitrogens with one attached hydrogen (secondary N) is 1. The van der Waals surface area contributed by atoms with Gasteiger partial charge in [0.1, 0.15) is 5.75 Å². The second kappa shape index (κ2) is 10.7. The van der Waals surface area contributed by atoms with Crippen LogP contribution in [0.1, 0.15) is 48.6 Å². The van der Waals surface area contributed by atoms with E-state index in [9.17, 15) is 9.59 Å². The third-order valence-electron chi connectivity index (χ3n) is 4.70. The Morgan fingerprint density at radius 3 is 2.72 bits per heavy atom. The smallest absolute Gasteiger partial charge is 0.234 e. The van der Waals surface area contributed by atoms with Crippen molar-refractivity contribution in [3.05, 3.63) is 64.4 Å². The second-order valence-electron chi connectivity index (χ2n) is 7.25. The summed E-state index contributed by atoms with van der Waals surface area (Å²) in [5, 5.41) is 12.5. The number of carbonyl (C=O) groups excluding carboxylic acids is 2. The number of ether oxygens (including phenoxy) is 1. The summed E-state index contributed by atoms with van der Waals surface area (Å²) in [6.07, 6.45) is -0.376. The molecule has 0 saturated heterocycles. The molecule has 1 amide bonds. The fourth-order valence-corrected chi connectivity index (χ4v) is 4.06. The standard InChI is InChI=1S/C23H25ClN4O3S/c1-5-28-22(16(4)31-20-11-14(2)9-10-19(20)24)26-27-23(28)32-13-21(30)25-18-8-6-7-17(12-18)15(3)29/h6-12,16H,5,13H2,1-4H3,(H,25,30). The zero-order valence-corrected chi connectivity index (χ0v) is 20.0. The van der Waals surface area contributed by atoms with E-state index in [1.807, 2.05) is 37.5 Å². The predicted octanol–water partition coefficient (Wildman–Crippen LogP) is 5.33. The number of amides is 1. The molecule has 0 bridgehead atoms. The molecule has 0 radical (unpaired) electrons. The first-order chi connectivity index (χ1) is 15.3. The van der Waals surface area contributed by atoms with Crippen LogP contribution in [-0.4, -0.2) is 32.2 Å². The average molecular weight is 473 g/mol. The van der Waals surface area contributed by atoms with E-state index in [-0.39, 0.29) is 23.5 Å². The number of halogens is 1. The van der Waals surface area contributed by atoms with Crippen molar-refractivity contribution < 1.29 is 14.3 Å². The summed E-state index contributed by atoms with van der Waals surface area (Å²) >= 11 is 7.54. The fraction of sp³-hybridized carbons (Fsp3) is 0.304. The Kier molecular flexibility index (Phi) is 7.93. The number of nitrogens with zero attached hydrogens (tertiary/aromatic N) is 3. The highest BCUT2D eigenvalue weighted by molar-refractivity contribution is 7.99. The average Bonchev–Trinajstić information content (AvgIpc) is 3.18. The van der Waals surface area contributed by atoms with Gasteiger partial charge in [0, 0.05) is 17.8 Å². The van der Waals surface area contributed by atoms with Gasteiger partial charge in [0.2, 0.25) is 5.91 Å². The Hall–Kier alpha value is -2.84. The van der Waals surface area contributed by atoms with Crippen molar-refractivity contribution in [1.82, 2.24) is 14.8 Å². The number of hydrogen-bond acceptors (Lipinski definition) is 6. The number of aryl methyl sites for hydroxylation is 1. The zero-order valence-electron chi connectivity index (χ0n) is 18.4. The van der Waals surface area contributed by atoms with Crippen LogP contribution >= 0.6 is 23.4 Å². The second-order valence-corrected chi connectivity index (χ2v) is 8.60. The van der Waals surface area contributed by atoms with E-state index in [1.54, 1.807) is 30.3 Å². The first-order valence-corrected chi connectivity index (χ1v) is 11.5. The molecule has 0 saturated carbocycles. The van der Waals surface area contributed by atoms with E-state index >= 15 is 0 Å². The lowest BCUT2D eigenvalue weighted by Gasteiger charge is -2.16. The van der Waals surface area contributed by atoms with Crippen LogP contribution in [0.15, 0.2) is 47.6 Å². The topological polar surface area (TPSA) is 86.1 Å². The van der Waals surface area contributed by atoms with E-state index in [4.69, 9.17) is 16.3 Å². The number of hydrogen-bond donors (Lipinski definition) is 1. The normalized spacial score (nSPS) is 11.8. The molecule has 0 spiro atoms. The minimum Gasteiger partial charge on any atom is -0.481 e. The molecule has 7 nitrogen and oxygen atoms in total. The van der Waals surface area contributed by atoms with E-state index in [0.29, 0.717) is 39.5 Å². The maximum Gasteiger partial charge on any atom is 0.234 e. The molecule has 3 aromatic rings. The van der Waals surface area contributed by atoms with Crippen molar-refractivity contribution in [2.75, 3.05) is 11.1 Å². The van der Waals surface area contributed by atoms with E-state index in [2.05, 4.69) is 15.5 Å². The molecule has 0 fully saturated rings. The summed E-state index contributed by atoms with van der Waals surface area (Å²) in [6, 6.07) is 12.5. The number of aromatic nitrogens is 3. The molecule has 9 heteroatoms. The molecule has 0 aliphatic carbocycles. The van der Waals surface area contributed by atoms with Crippen LogP contribution in [0.2, 0.25) is 5.02 Å². The van der Waals surface area contributed by atoms with Gasteiger partial charge in [-0.15, -0.1) is 10.2 Å². The molecule has 0 aliphatic heterocycles. The Morgan fingerprint density at radius 1 is 1.22 bits per heavy atom. The Labute approximate surface area is 196 Å². The van der Waals surface area contributed by atoms with Crippen LogP contribution in [0.4, 0.5) is 5.69 Å². The Bertz CT molecular complexity index is 1130. The van der Waals surface area contributed by atoms with Crippen molar-refractivity contribution in [1.29, 1.82) is 0 Å². The van der Waals surface area contributed by atoms with Crippen LogP contribution in [0.3, 0.4) is 0 Å². The predicted molar refractivity (Wildman–Crippen MR) is 127 cm³/mol.